The van der Waals surface area contributed by atoms with E-state index in [0.717, 1.165) is 45.0 Å². The fourth-order valence-electron chi connectivity index (χ4n) is 2.85. The van der Waals surface area contributed by atoms with E-state index in [-0.39, 0.29) is 0 Å². The number of methoxy groups -OCH3 is 2. The first kappa shape index (κ1) is 13.8. The van der Waals surface area contributed by atoms with Crippen molar-refractivity contribution >= 4 is 21.9 Å². The van der Waals surface area contributed by atoms with Gasteiger partial charge in [0.25, 0.3) is 0 Å². The highest BCUT2D eigenvalue weighted by Gasteiger charge is 2.13. The second-order valence-electron chi connectivity index (χ2n) is 5.36. The molecule has 0 aliphatic carbocycles. The summed E-state index contributed by atoms with van der Waals surface area (Å²) in [4.78, 5) is 0. The van der Waals surface area contributed by atoms with E-state index in [4.69, 9.17) is 18.3 Å². The van der Waals surface area contributed by atoms with Gasteiger partial charge in [0.05, 0.1) is 20.6 Å². The predicted octanol–water partition coefficient (Wildman–Crippen LogP) is 4.79. The minimum absolute atomic E-state index is 0.579. The summed E-state index contributed by atoms with van der Waals surface area (Å²) in [5.74, 6) is 3.14. The van der Waals surface area contributed by atoms with E-state index < -0.39 is 0 Å². The summed E-state index contributed by atoms with van der Waals surface area (Å²) >= 11 is 0. The molecule has 0 fully saturated rings. The molecule has 116 valence electrons. The average molecular weight is 308 g/mol. The van der Waals surface area contributed by atoms with Gasteiger partial charge in [0.1, 0.15) is 11.5 Å². The van der Waals surface area contributed by atoms with Crippen LogP contribution in [0.2, 0.25) is 0 Å². The van der Waals surface area contributed by atoms with Crippen LogP contribution in [-0.4, -0.2) is 14.2 Å². The molecule has 4 aromatic rings. The Morgan fingerprint density at radius 2 is 1.22 bits per heavy atom. The molecule has 0 radical (unpaired) electrons. The Bertz CT molecular complexity index is 898. The lowest BCUT2D eigenvalue weighted by atomic mass is 10.2. The molecule has 0 aliphatic heterocycles. The van der Waals surface area contributed by atoms with E-state index in [1.807, 2.05) is 48.5 Å². The number of hydrogen-bond donors (Lipinski definition) is 0. The van der Waals surface area contributed by atoms with Crippen molar-refractivity contribution in [3.05, 3.63) is 60.1 Å². The monoisotopic (exact) mass is 308 g/mol. The minimum atomic E-state index is 0.579. The van der Waals surface area contributed by atoms with Gasteiger partial charge in [-0.3, -0.25) is 0 Å². The maximum Gasteiger partial charge on any atom is 0.176 e. The molecule has 0 aliphatic rings. The van der Waals surface area contributed by atoms with Crippen LogP contribution >= 0.6 is 0 Å². The summed E-state index contributed by atoms with van der Waals surface area (Å²) in [5, 5.41) is 2.04. The molecule has 2 aromatic carbocycles. The van der Waals surface area contributed by atoms with Crippen molar-refractivity contribution in [1.82, 2.24) is 0 Å². The van der Waals surface area contributed by atoms with Crippen LogP contribution in [0.4, 0.5) is 0 Å². The molecule has 0 saturated heterocycles. The Kier molecular flexibility index (Phi) is 3.23. The number of hydrogen-bond acceptors (Lipinski definition) is 4. The smallest absolute Gasteiger partial charge is 0.176 e. The number of para-hydroxylation sites is 2. The minimum Gasteiger partial charge on any atom is -0.493 e. The van der Waals surface area contributed by atoms with Crippen LogP contribution in [0.1, 0.15) is 11.5 Å². The van der Waals surface area contributed by atoms with E-state index in [9.17, 15) is 0 Å². The van der Waals surface area contributed by atoms with Gasteiger partial charge in [-0.2, -0.15) is 0 Å². The fourth-order valence-corrected chi connectivity index (χ4v) is 2.85. The lowest BCUT2D eigenvalue weighted by Gasteiger charge is -1.99. The average Bonchev–Trinajstić information content (AvgIpc) is 3.16. The summed E-state index contributed by atoms with van der Waals surface area (Å²) in [6.45, 7) is 0. The molecular formula is C19H16O4. The zero-order valence-electron chi connectivity index (χ0n) is 13.0. The molecule has 0 N–H and O–H groups in total. The summed E-state index contributed by atoms with van der Waals surface area (Å²) in [7, 11) is 3.28. The van der Waals surface area contributed by atoms with Crippen LogP contribution in [0.5, 0.6) is 11.5 Å². The van der Waals surface area contributed by atoms with Gasteiger partial charge in [0.15, 0.2) is 22.7 Å². The largest absolute Gasteiger partial charge is 0.493 e. The van der Waals surface area contributed by atoms with Crippen LogP contribution in [0, 0.1) is 0 Å². The molecule has 4 heteroatoms. The third-order valence-electron chi connectivity index (χ3n) is 3.91. The summed E-state index contributed by atoms with van der Waals surface area (Å²) in [6, 6.07) is 15.7. The Labute approximate surface area is 133 Å². The van der Waals surface area contributed by atoms with Crippen LogP contribution < -0.4 is 9.47 Å². The van der Waals surface area contributed by atoms with Crippen molar-refractivity contribution in [3.63, 3.8) is 0 Å². The lowest BCUT2D eigenvalue weighted by Crippen LogP contribution is -1.82. The van der Waals surface area contributed by atoms with Crippen molar-refractivity contribution in [2.24, 2.45) is 0 Å². The van der Waals surface area contributed by atoms with E-state index >= 15 is 0 Å². The van der Waals surface area contributed by atoms with E-state index in [2.05, 4.69) is 0 Å². The van der Waals surface area contributed by atoms with E-state index in [1.165, 1.54) is 0 Å². The van der Waals surface area contributed by atoms with Crippen molar-refractivity contribution in [3.8, 4) is 11.5 Å². The number of furan rings is 2. The van der Waals surface area contributed by atoms with Gasteiger partial charge in [-0.1, -0.05) is 24.3 Å². The Hall–Kier alpha value is -2.88. The van der Waals surface area contributed by atoms with Gasteiger partial charge in [-0.15, -0.1) is 0 Å². The van der Waals surface area contributed by atoms with Crippen LogP contribution in [0.15, 0.2) is 57.4 Å². The third kappa shape index (κ3) is 2.32. The predicted molar refractivity (Wildman–Crippen MR) is 88.3 cm³/mol. The van der Waals surface area contributed by atoms with Crippen LogP contribution in [-0.2, 0) is 6.42 Å². The summed E-state index contributed by atoms with van der Waals surface area (Å²) in [6.07, 6.45) is 0.579. The van der Waals surface area contributed by atoms with Crippen molar-refractivity contribution in [2.45, 2.75) is 6.42 Å². The lowest BCUT2D eigenvalue weighted by molar-refractivity contribution is 0.404. The first-order valence-electron chi connectivity index (χ1n) is 7.39. The molecule has 0 bridgehead atoms. The highest BCUT2D eigenvalue weighted by atomic mass is 16.5. The molecule has 0 atom stereocenters. The molecule has 0 spiro atoms. The Morgan fingerprint density at radius 1 is 0.739 bits per heavy atom. The number of ether oxygens (including phenoxy) is 2. The molecule has 0 saturated carbocycles. The van der Waals surface area contributed by atoms with Crippen molar-refractivity contribution < 1.29 is 18.3 Å². The van der Waals surface area contributed by atoms with Crippen molar-refractivity contribution in [1.29, 1.82) is 0 Å². The number of fused-ring (bicyclic) bond motifs is 2. The molecule has 0 unspecified atom stereocenters. The van der Waals surface area contributed by atoms with Crippen LogP contribution in [0.3, 0.4) is 0 Å². The summed E-state index contributed by atoms with van der Waals surface area (Å²) < 4.78 is 22.5. The molecular weight excluding hydrogens is 292 g/mol. The molecule has 4 nitrogen and oxygen atoms in total. The standard InChI is InChI=1S/C19H16O4/c1-20-16-7-3-5-12-9-14(22-18(12)16)11-15-10-13-6-4-8-17(21-2)19(13)23-15/h3-10H,11H2,1-2H3. The van der Waals surface area contributed by atoms with Gasteiger partial charge in [-0.25, -0.2) is 0 Å². The zero-order chi connectivity index (χ0) is 15.8. The van der Waals surface area contributed by atoms with Crippen LogP contribution in [0.25, 0.3) is 21.9 Å². The van der Waals surface area contributed by atoms with Gasteiger partial charge >= 0.3 is 0 Å². The van der Waals surface area contributed by atoms with Gasteiger partial charge in [0.2, 0.25) is 0 Å². The number of benzene rings is 2. The Balaban J connectivity index is 1.73. The molecule has 2 heterocycles. The topological polar surface area (TPSA) is 44.7 Å². The normalized spacial score (nSPS) is 11.2. The molecule has 4 rings (SSSR count). The fraction of sp³-hybridized carbons (Fsp3) is 0.158. The van der Waals surface area contributed by atoms with Gasteiger partial charge in [0, 0.05) is 10.8 Å². The van der Waals surface area contributed by atoms with Gasteiger partial charge < -0.3 is 18.3 Å². The highest BCUT2D eigenvalue weighted by Crippen LogP contribution is 2.32. The van der Waals surface area contributed by atoms with Gasteiger partial charge in [-0.05, 0) is 24.3 Å². The Morgan fingerprint density at radius 3 is 1.65 bits per heavy atom. The number of rotatable bonds is 4. The maximum absolute atomic E-state index is 5.93. The molecule has 2 aromatic heterocycles. The molecule has 0 amide bonds. The van der Waals surface area contributed by atoms with Crippen molar-refractivity contribution in [2.75, 3.05) is 14.2 Å². The zero-order valence-corrected chi connectivity index (χ0v) is 13.0. The third-order valence-corrected chi connectivity index (χ3v) is 3.91. The second-order valence-corrected chi connectivity index (χ2v) is 5.36. The maximum atomic E-state index is 5.93. The SMILES string of the molecule is COc1cccc2cc(Cc3cc4cccc(OC)c4o3)oc12. The highest BCUT2D eigenvalue weighted by molar-refractivity contribution is 5.85. The first-order chi connectivity index (χ1) is 11.3. The first-order valence-corrected chi connectivity index (χ1v) is 7.39. The summed E-state index contributed by atoms with van der Waals surface area (Å²) in [5.41, 5.74) is 1.53. The molecule has 23 heavy (non-hydrogen) atoms. The second kappa shape index (κ2) is 5.39. The van der Waals surface area contributed by atoms with E-state index in [0.29, 0.717) is 6.42 Å². The quantitative estimate of drug-likeness (QED) is 0.544. The van der Waals surface area contributed by atoms with E-state index in [1.54, 1.807) is 14.2 Å².